The van der Waals surface area contributed by atoms with E-state index in [2.05, 4.69) is 5.32 Å². The Morgan fingerprint density at radius 1 is 1.22 bits per heavy atom. The lowest BCUT2D eigenvalue weighted by Crippen LogP contribution is -2.53. The first-order valence-electron chi connectivity index (χ1n) is 8.24. The summed E-state index contributed by atoms with van der Waals surface area (Å²) in [4.78, 5) is 37.5. The largest absolute Gasteiger partial charge is 0.467 e. The third kappa shape index (κ3) is 5.41. The van der Waals surface area contributed by atoms with E-state index in [9.17, 15) is 14.4 Å². The predicted octanol–water partition coefficient (Wildman–Crippen LogP) is 1.56. The highest BCUT2D eigenvalue weighted by Gasteiger charge is 2.32. The van der Waals surface area contributed by atoms with E-state index in [1.54, 1.807) is 11.8 Å². The summed E-state index contributed by atoms with van der Waals surface area (Å²) >= 11 is 0. The molecule has 0 aromatic carbocycles. The van der Waals surface area contributed by atoms with Crippen molar-refractivity contribution < 1.29 is 23.9 Å². The lowest BCUT2D eigenvalue weighted by molar-refractivity contribution is -0.149. The number of esters is 2. The normalized spacial score (nSPS) is 18.0. The van der Waals surface area contributed by atoms with Gasteiger partial charge < -0.3 is 19.7 Å². The van der Waals surface area contributed by atoms with Gasteiger partial charge in [-0.1, -0.05) is 20.3 Å². The number of methoxy groups -OCH3 is 1. The van der Waals surface area contributed by atoms with Gasteiger partial charge in [-0.15, -0.1) is 0 Å². The van der Waals surface area contributed by atoms with Crippen LogP contribution in [-0.4, -0.2) is 55.7 Å². The number of ether oxygens (including phenoxy) is 2. The van der Waals surface area contributed by atoms with Crippen molar-refractivity contribution >= 4 is 18.0 Å². The maximum atomic E-state index is 12.3. The Labute approximate surface area is 137 Å². The van der Waals surface area contributed by atoms with Gasteiger partial charge in [0.15, 0.2) is 0 Å². The van der Waals surface area contributed by atoms with E-state index in [-0.39, 0.29) is 23.8 Å². The second-order valence-electron chi connectivity index (χ2n) is 5.85. The summed E-state index contributed by atoms with van der Waals surface area (Å²) in [5, 5.41) is 2.75. The molecule has 7 nitrogen and oxygen atoms in total. The monoisotopic (exact) mass is 328 g/mol. The van der Waals surface area contributed by atoms with Crippen LogP contribution in [0.1, 0.15) is 40.0 Å². The summed E-state index contributed by atoms with van der Waals surface area (Å²) in [6.07, 6.45) is 1.92. The van der Waals surface area contributed by atoms with Crippen LogP contribution in [-0.2, 0) is 19.1 Å². The minimum Gasteiger partial charge on any atom is -0.467 e. The van der Waals surface area contributed by atoms with Crippen molar-refractivity contribution in [2.24, 2.45) is 11.8 Å². The van der Waals surface area contributed by atoms with E-state index in [0.29, 0.717) is 32.5 Å². The van der Waals surface area contributed by atoms with Crippen LogP contribution in [0.25, 0.3) is 0 Å². The Bertz CT molecular complexity index is 419. The highest BCUT2D eigenvalue weighted by atomic mass is 16.5. The van der Waals surface area contributed by atoms with Gasteiger partial charge in [-0.2, -0.15) is 0 Å². The molecular weight excluding hydrogens is 300 g/mol. The average Bonchev–Trinajstić information content (AvgIpc) is 2.58. The molecule has 23 heavy (non-hydrogen) atoms. The molecule has 2 amide bonds. The standard InChI is InChI=1S/C16H28N2O5/c1-5-11(3)13(15(20)22-4)17-16(21)18-9-7-12(8-10-18)14(19)23-6-2/h11-13H,5-10H2,1-4H3,(H,17,21). The van der Waals surface area contributed by atoms with Crippen LogP contribution in [0.5, 0.6) is 0 Å². The van der Waals surface area contributed by atoms with Gasteiger partial charge in [0.1, 0.15) is 6.04 Å². The summed E-state index contributed by atoms with van der Waals surface area (Å²) in [6.45, 7) is 6.96. The number of carbonyl (C=O) groups is 3. The fourth-order valence-corrected chi connectivity index (χ4v) is 2.60. The minimum absolute atomic E-state index is 0.0107. The highest BCUT2D eigenvalue weighted by molar-refractivity contribution is 5.84. The third-order valence-corrected chi connectivity index (χ3v) is 4.35. The first kappa shape index (κ1) is 19.3. The van der Waals surface area contributed by atoms with Gasteiger partial charge in [0, 0.05) is 13.1 Å². The Balaban J connectivity index is 2.55. The predicted molar refractivity (Wildman–Crippen MR) is 84.7 cm³/mol. The molecule has 132 valence electrons. The lowest BCUT2D eigenvalue weighted by Gasteiger charge is -2.32. The second-order valence-corrected chi connectivity index (χ2v) is 5.85. The van der Waals surface area contributed by atoms with Crippen LogP contribution in [0.4, 0.5) is 4.79 Å². The molecule has 0 aromatic rings. The van der Waals surface area contributed by atoms with Crippen molar-refractivity contribution in [1.82, 2.24) is 10.2 Å². The molecule has 0 radical (unpaired) electrons. The first-order valence-corrected chi connectivity index (χ1v) is 8.24. The van der Waals surface area contributed by atoms with Gasteiger partial charge >= 0.3 is 18.0 Å². The molecule has 1 saturated heterocycles. The van der Waals surface area contributed by atoms with Crippen molar-refractivity contribution in [3.05, 3.63) is 0 Å². The fraction of sp³-hybridized carbons (Fsp3) is 0.812. The molecule has 0 aliphatic carbocycles. The molecule has 1 fully saturated rings. The number of hydrogen-bond donors (Lipinski definition) is 1. The van der Waals surface area contributed by atoms with E-state index >= 15 is 0 Å². The van der Waals surface area contributed by atoms with Crippen molar-refractivity contribution in [3.63, 3.8) is 0 Å². The molecular formula is C16H28N2O5. The fourth-order valence-electron chi connectivity index (χ4n) is 2.60. The molecule has 0 bridgehead atoms. The molecule has 7 heteroatoms. The molecule has 2 atom stereocenters. The number of piperidine rings is 1. The van der Waals surface area contributed by atoms with Gasteiger partial charge in [0.25, 0.3) is 0 Å². The Morgan fingerprint density at radius 2 is 1.83 bits per heavy atom. The quantitative estimate of drug-likeness (QED) is 0.748. The maximum absolute atomic E-state index is 12.3. The molecule has 1 heterocycles. The van der Waals surface area contributed by atoms with Crippen LogP contribution >= 0.6 is 0 Å². The zero-order valence-electron chi connectivity index (χ0n) is 14.5. The lowest BCUT2D eigenvalue weighted by atomic mass is 9.97. The molecule has 1 aliphatic heterocycles. The number of hydrogen-bond acceptors (Lipinski definition) is 5. The smallest absolute Gasteiger partial charge is 0.328 e. The van der Waals surface area contributed by atoms with Crippen LogP contribution in [0, 0.1) is 11.8 Å². The molecule has 1 aliphatic rings. The maximum Gasteiger partial charge on any atom is 0.328 e. The number of carbonyl (C=O) groups excluding carboxylic acids is 3. The van der Waals surface area contributed by atoms with Crippen molar-refractivity contribution in [3.8, 4) is 0 Å². The summed E-state index contributed by atoms with van der Waals surface area (Å²) in [5.74, 6) is -0.790. The Morgan fingerprint density at radius 3 is 2.30 bits per heavy atom. The van der Waals surface area contributed by atoms with Crippen molar-refractivity contribution in [2.45, 2.75) is 46.1 Å². The summed E-state index contributed by atoms with van der Waals surface area (Å²) in [5.41, 5.74) is 0. The molecule has 1 rings (SSSR count). The first-order chi connectivity index (χ1) is 10.9. The van der Waals surface area contributed by atoms with Gasteiger partial charge in [-0.25, -0.2) is 9.59 Å². The van der Waals surface area contributed by atoms with E-state index in [4.69, 9.17) is 9.47 Å². The van der Waals surface area contributed by atoms with E-state index < -0.39 is 12.0 Å². The number of nitrogens with zero attached hydrogens (tertiary/aromatic N) is 1. The van der Waals surface area contributed by atoms with E-state index in [1.807, 2.05) is 13.8 Å². The second kappa shape index (κ2) is 9.37. The van der Waals surface area contributed by atoms with Gasteiger partial charge in [0.05, 0.1) is 19.6 Å². The van der Waals surface area contributed by atoms with Crippen molar-refractivity contribution in [2.75, 3.05) is 26.8 Å². The van der Waals surface area contributed by atoms with Gasteiger partial charge in [-0.05, 0) is 25.7 Å². The number of nitrogens with one attached hydrogen (secondary N) is 1. The van der Waals surface area contributed by atoms with Crippen LogP contribution < -0.4 is 5.32 Å². The Hall–Kier alpha value is -1.79. The molecule has 0 saturated carbocycles. The SMILES string of the molecule is CCOC(=O)C1CCN(C(=O)NC(C(=O)OC)C(C)CC)CC1. The summed E-state index contributed by atoms with van der Waals surface area (Å²) in [7, 11) is 1.31. The zero-order chi connectivity index (χ0) is 17.4. The third-order valence-electron chi connectivity index (χ3n) is 4.35. The molecule has 1 N–H and O–H groups in total. The topological polar surface area (TPSA) is 84.9 Å². The van der Waals surface area contributed by atoms with Gasteiger partial charge in [0.2, 0.25) is 0 Å². The van der Waals surface area contributed by atoms with Crippen LogP contribution in [0.3, 0.4) is 0 Å². The number of rotatable bonds is 6. The number of urea groups is 1. The van der Waals surface area contributed by atoms with Crippen molar-refractivity contribution in [1.29, 1.82) is 0 Å². The zero-order valence-corrected chi connectivity index (χ0v) is 14.5. The van der Waals surface area contributed by atoms with Crippen LogP contribution in [0.15, 0.2) is 0 Å². The number of amides is 2. The molecule has 0 aromatic heterocycles. The summed E-state index contributed by atoms with van der Waals surface area (Å²) < 4.78 is 9.78. The highest BCUT2D eigenvalue weighted by Crippen LogP contribution is 2.19. The molecule has 2 unspecified atom stereocenters. The van der Waals surface area contributed by atoms with E-state index in [0.717, 1.165) is 6.42 Å². The Kier molecular flexibility index (Phi) is 7.85. The molecule has 0 spiro atoms. The number of likely N-dealkylation sites (tertiary alicyclic amines) is 1. The summed E-state index contributed by atoms with van der Waals surface area (Å²) in [6, 6.07) is -0.941. The van der Waals surface area contributed by atoms with E-state index in [1.165, 1.54) is 7.11 Å². The average molecular weight is 328 g/mol. The minimum atomic E-state index is -0.653. The van der Waals surface area contributed by atoms with Gasteiger partial charge in [-0.3, -0.25) is 4.79 Å². The van der Waals surface area contributed by atoms with Crippen LogP contribution in [0.2, 0.25) is 0 Å².